The van der Waals surface area contributed by atoms with Crippen LogP contribution in [0.15, 0.2) is 77.3 Å². The minimum absolute atomic E-state index is 0.0227. The average molecular weight is 405 g/mol. The van der Waals surface area contributed by atoms with Gasteiger partial charge in [0.1, 0.15) is 5.75 Å². The van der Waals surface area contributed by atoms with Crippen LogP contribution in [0.3, 0.4) is 0 Å². The van der Waals surface area contributed by atoms with E-state index in [-0.39, 0.29) is 12.4 Å². The fourth-order valence-corrected chi connectivity index (χ4v) is 2.64. The lowest BCUT2D eigenvalue weighted by atomic mass is 10.1. The topological polar surface area (TPSA) is 26.3 Å². The molecule has 128 valence electrons. The normalized spacial score (nSPS) is 9.92. The molecule has 3 rings (SSSR count). The lowest BCUT2D eigenvalue weighted by Gasteiger charge is -2.09. The first-order valence-corrected chi connectivity index (χ1v) is 9.00. The molecule has 3 aromatic rings. The van der Waals surface area contributed by atoms with Crippen LogP contribution < -0.4 is 4.74 Å². The number of carbonyl (C=O) groups is 1. The maximum atomic E-state index is 12.3. The molecule has 0 fully saturated rings. The first-order valence-electron chi connectivity index (χ1n) is 8.21. The molecule has 26 heavy (non-hydrogen) atoms. The Morgan fingerprint density at radius 2 is 1.69 bits per heavy atom. The standard InChI is InChI=1S/C23H17BrO2/c1-17-7-9-20(10-8-18-5-3-2-4-6-18)23(15-17)26-16-22(25)19-11-13-21(24)14-12-19/h2-7,9,11-15H,16H2,1H3. The summed E-state index contributed by atoms with van der Waals surface area (Å²) in [5.74, 6) is 6.82. The van der Waals surface area contributed by atoms with Crippen LogP contribution in [0.4, 0.5) is 0 Å². The van der Waals surface area contributed by atoms with Crippen molar-refractivity contribution < 1.29 is 9.53 Å². The Bertz CT molecular complexity index is 965. The van der Waals surface area contributed by atoms with E-state index in [9.17, 15) is 4.79 Å². The van der Waals surface area contributed by atoms with Crippen molar-refractivity contribution in [1.82, 2.24) is 0 Å². The Hall–Kier alpha value is -2.83. The van der Waals surface area contributed by atoms with Crippen molar-refractivity contribution in [2.75, 3.05) is 6.61 Å². The molecule has 0 bridgehead atoms. The molecule has 0 atom stereocenters. The quantitative estimate of drug-likeness (QED) is 0.428. The highest BCUT2D eigenvalue weighted by Crippen LogP contribution is 2.20. The summed E-state index contributed by atoms with van der Waals surface area (Å²) >= 11 is 3.37. The summed E-state index contributed by atoms with van der Waals surface area (Å²) in [4.78, 5) is 12.3. The fraction of sp³-hybridized carbons (Fsp3) is 0.0870. The lowest BCUT2D eigenvalue weighted by Crippen LogP contribution is -2.12. The Morgan fingerprint density at radius 3 is 2.42 bits per heavy atom. The van der Waals surface area contributed by atoms with Gasteiger partial charge >= 0.3 is 0 Å². The summed E-state index contributed by atoms with van der Waals surface area (Å²) in [5, 5.41) is 0. The summed E-state index contributed by atoms with van der Waals surface area (Å²) in [7, 11) is 0. The van der Waals surface area contributed by atoms with Crippen molar-refractivity contribution in [1.29, 1.82) is 0 Å². The van der Waals surface area contributed by atoms with Gasteiger partial charge < -0.3 is 4.74 Å². The number of aryl methyl sites for hydroxylation is 1. The van der Waals surface area contributed by atoms with Crippen molar-refractivity contribution in [3.8, 4) is 17.6 Å². The first kappa shape index (κ1) is 18.0. The third-order valence-electron chi connectivity index (χ3n) is 3.78. The summed E-state index contributed by atoms with van der Waals surface area (Å²) in [6.45, 7) is 1.96. The van der Waals surface area contributed by atoms with Gasteiger partial charge in [-0.3, -0.25) is 4.79 Å². The molecule has 0 aliphatic heterocycles. The van der Waals surface area contributed by atoms with Crippen molar-refractivity contribution in [3.05, 3.63) is 99.5 Å². The molecule has 0 N–H and O–H groups in total. The van der Waals surface area contributed by atoms with E-state index in [4.69, 9.17) is 4.74 Å². The second kappa shape index (κ2) is 8.51. The minimum atomic E-state index is -0.0685. The van der Waals surface area contributed by atoms with Crippen molar-refractivity contribution in [2.24, 2.45) is 0 Å². The zero-order valence-corrected chi connectivity index (χ0v) is 15.9. The van der Waals surface area contributed by atoms with Crippen LogP contribution in [0.1, 0.15) is 27.0 Å². The third kappa shape index (κ3) is 4.84. The van der Waals surface area contributed by atoms with E-state index in [1.165, 1.54) is 0 Å². The van der Waals surface area contributed by atoms with Gasteiger partial charge in [0, 0.05) is 15.6 Å². The molecule has 0 unspecified atom stereocenters. The van der Waals surface area contributed by atoms with Gasteiger partial charge in [0.25, 0.3) is 0 Å². The van der Waals surface area contributed by atoms with Gasteiger partial charge in [-0.15, -0.1) is 0 Å². The molecule has 0 spiro atoms. The SMILES string of the molecule is Cc1ccc(C#Cc2ccccc2)c(OCC(=O)c2ccc(Br)cc2)c1. The molecule has 0 heterocycles. The third-order valence-corrected chi connectivity index (χ3v) is 4.31. The zero-order valence-electron chi connectivity index (χ0n) is 14.3. The zero-order chi connectivity index (χ0) is 18.4. The number of halogens is 1. The van der Waals surface area contributed by atoms with E-state index in [1.54, 1.807) is 12.1 Å². The largest absolute Gasteiger partial charge is 0.484 e. The Kier molecular flexibility index (Phi) is 5.88. The van der Waals surface area contributed by atoms with E-state index in [0.29, 0.717) is 11.3 Å². The van der Waals surface area contributed by atoms with E-state index in [2.05, 4.69) is 27.8 Å². The van der Waals surface area contributed by atoms with Crippen LogP contribution in [0.25, 0.3) is 0 Å². The first-order chi connectivity index (χ1) is 12.6. The van der Waals surface area contributed by atoms with Gasteiger partial charge in [0.2, 0.25) is 0 Å². The highest BCUT2D eigenvalue weighted by atomic mass is 79.9. The fourth-order valence-electron chi connectivity index (χ4n) is 2.38. The minimum Gasteiger partial charge on any atom is -0.484 e. The monoisotopic (exact) mass is 404 g/mol. The van der Waals surface area contributed by atoms with E-state index < -0.39 is 0 Å². The number of Topliss-reactive ketones (excluding diaryl/α,β-unsaturated/α-hetero) is 1. The maximum absolute atomic E-state index is 12.3. The van der Waals surface area contributed by atoms with Crippen molar-refractivity contribution in [3.63, 3.8) is 0 Å². The van der Waals surface area contributed by atoms with Crippen molar-refractivity contribution in [2.45, 2.75) is 6.92 Å². The van der Waals surface area contributed by atoms with Crippen LogP contribution in [0.5, 0.6) is 5.75 Å². The van der Waals surface area contributed by atoms with Crippen molar-refractivity contribution >= 4 is 21.7 Å². The molecule has 0 saturated heterocycles. The number of hydrogen-bond acceptors (Lipinski definition) is 2. The summed E-state index contributed by atoms with van der Waals surface area (Å²) in [5.41, 5.74) is 3.38. The summed E-state index contributed by atoms with van der Waals surface area (Å²) < 4.78 is 6.73. The molecule has 3 aromatic carbocycles. The van der Waals surface area contributed by atoms with E-state index in [0.717, 1.165) is 21.2 Å². The molecule has 0 saturated carbocycles. The number of benzene rings is 3. The highest BCUT2D eigenvalue weighted by Gasteiger charge is 2.09. The van der Waals surface area contributed by atoms with Crippen LogP contribution in [0.2, 0.25) is 0 Å². The Labute approximate surface area is 162 Å². The lowest BCUT2D eigenvalue weighted by molar-refractivity contribution is 0.0921. The number of rotatable bonds is 4. The van der Waals surface area contributed by atoms with Gasteiger partial charge in [0.05, 0.1) is 5.56 Å². The Morgan fingerprint density at radius 1 is 0.962 bits per heavy atom. The highest BCUT2D eigenvalue weighted by molar-refractivity contribution is 9.10. The molecule has 0 amide bonds. The molecule has 0 aliphatic rings. The number of carbonyl (C=O) groups excluding carboxylic acids is 1. The van der Waals surface area contributed by atoms with Gasteiger partial charge in [0.15, 0.2) is 12.4 Å². The summed E-state index contributed by atoms with van der Waals surface area (Å²) in [6, 6.07) is 22.8. The number of ketones is 1. The van der Waals surface area contributed by atoms with E-state index >= 15 is 0 Å². The number of ether oxygens (including phenoxy) is 1. The van der Waals surface area contributed by atoms with Crippen LogP contribution in [-0.4, -0.2) is 12.4 Å². The maximum Gasteiger partial charge on any atom is 0.200 e. The molecule has 2 nitrogen and oxygen atoms in total. The molecule has 0 aliphatic carbocycles. The molecular weight excluding hydrogens is 388 g/mol. The number of hydrogen-bond donors (Lipinski definition) is 0. The molecule has 3 heteroatoms. The average Bonchev–Trinajstić information content (AvgIpc) is 2.66. The smallest absolute Gasteiger partial charge is 0.200 e. The Balaban J connectivity index is 1.77. The van der Waals surface area contributed by atoms with Crippen LogP contribution >= 0.6 is 15.9 Å². The predicted octanol–water partition coefficient (Wildman–Crippen LogP) is 5.42. The van der Waals surface area contributed by atoms with Crippen LogP contribution in [-0.2, 0) is 0 Å². The second-order valence-corrected chi connectivity index (χ2v) is 6.75. The van der Waals surface area contributed by atoms with Gasteiger partial charge in [-0.2, -0.15) is 0 Å². The van der Waals surface area contributed by atoms with Gasteiger partial charge in [-0.05, 0) is 48.9 Å². The van der Waals surface area contributed by atoms with E-state index in [1.807, 2.05) is 67.6 Å². The molecule has 0 radical (unpaired) electrons. The molecular formula is C23H17BrO2. The second-order valence-electron chi connectivity index (χ2n) is 5.83. The predicted molar refractivity (Wildman–Crippen MR) is 108 cm³/mol. The van der Waals surface area contributed by atoms with Gasteiger partial charge in [-0.1, -0.05) is 64.2 Å². The van der Waals surface area contributed by atoms with Crippen LogP contribution in [0, 0.1) is 18.8 Å². The molecule has 0 aromatic heterocycles. The summed E-state index contributed by atoms with van der Waals surface area (Å²) in [6.07, 6.45) is 0. The van der Waals surface area contributed by atoms with Gasteiger partial charge in [-0.25, -0.2) is 0 Å².